The van der Waals surface area contributed by atoms with Crippen LogP contribution in [0.5, 0.6) is 0 Å². The van der Waals surface area contributed by atoms with E-state index in [0.29, 0.717) is 12.0 Å². The van der Waals surface area contributed by atoms with Crippen LogP contribution in [0.3, 0.4) is 0 Å². The third kappa shape index (κ3) is 4.00. The molecule has 1 rings (SSSR count). The number of rotatable bonds is 4. The molecule has 0 amide bonds. The molecule has 0 saturated heterocycles. The summed E-state index contributed by atoms with van der Waals surface area (Å²) in [6, 6.07) is 0.367. The van der Waals surface area contributed by atoms with E-state index in [1.54, 1.807) is 12.7 Å². The second-order valence-corrected chi connectivity index (χ2v) is 5.32. The van der Waals surface area contributed by atoms with Gasteiger partial charge in [-0.25, -0.2) is 9.67 Å². The van der Waals surface area contributed by atoms with Gasteiger partial charge in [0.25, 0.3) is 0 Å². The highest BCUT2D eigenvalue weighted by Crippen LogP contribution is 2.15. The first kappa shape index (κ1) is 12.2. The molecule has 86 valence electrons. The summed E-state index contributed by atoms with van der Waals surface area (Å²) in [6.45, 7) is 11.8. The highest BCUT2D eigenvalue weighted by molar-refractivity contribution is 4.78. The van der Waals surface area contributed by atoms with Gasteiger partial charge < -0.3 is 5.32 Å². The van der Waals surface area contributed by atoms with Gasteiger partial charge in [0.1, 0.15) is 12.7 Å². The first-order chi connectivity index (χ1) is 6.90. The largest absolute Gasteiger partial charge is 0.310 e. The van der Waals surface area contributed by atoms with Gasteiger partial charge >= 0.3 is 0 Å². The Morgan fingerprint density at radius 1 is 1.33 bits per heavy atom. The van der Waals surface area contributed by atoms with Crippen molar-refractivity contribution < 1.29 is 0 Å². The molecule has 0 bridgehead atoms. The van der Waals surface area contributed by atoms with Crippen LogP contribution in [0.4, 0.5) is 0 Å². The molecule has 1 atom stereocenters. The van der Waals surface area contributed by atoms with E-state index in [4.69, 9.17) is 0 Å². The molecule has 4 heteroatoms. The van der Waals surface area contributed by atoms with Crippen molar-refractivity contribution in [1.82, 2.24) is 20.1 Å². The molecule has 1 aromatic heterocycles. The van der Waals surface area contributed by atoms with E-state index in [1.165, 1.54) is 0 Å². The zero-order chi connectivity index (χ0) is 11.5. The molecule has 0 aliphatic rings. The highest BCUT2D eigenvalue weighted by Gasteiger charge is 2.18. The summed E-state index contributed by atoms with van der Waals surface area (Å²) in [6.07, 6.45) is 3.38. The predicted octanol–water partition coefficient (Wildman–Crippen LogP) is 1.86. The second kappa shape index (κ2) is 4.75. The van der Waals surface area contributed by atoms with Crippen molar-refractivity contribution in [3.63, 3.8) is 0 Å². The van der Waals surface area contributed by atoms with E-state index in [1.807, 2.05) is 4.68 Å². The van der Waals surface area contributed by atoms with Crippen LogP contribution >= 0.6 is 0 Å². The Bertz CT molecular complexity index is 271. The number of hydrogen-bond acceptors (Lipinski definition) is 3. The molecule has 4 nitrogen and oxygen atoms in total. The summed E-state index contributed by atoms with van der Waals surface area (Å²) in [5.41, 5.74) is 0.147. The van der Waals surface area contributed by atoms with Gasteiger partial charge in [0, 0.05) is 12.1 Å². The van der Waals surface area contributed by atoms with E-state index in [0.717, 1.165) is 6.54 Å². The molecule has 0 aliphatic carbocycles. The normalized spacial score (nSPS) is 14.5. The maximum absolute atomic E-state index is 4.20. The maximum Gasteiger partial charge on any atom is 0.137 e. The molecular weight excluding hydrogens is 188 g/mol. The number of nitrogens with one attached hydrogen (secondary N) is 1. The fourth-order valence-electron chi connectivity index (χ4n) is 1.43. The zero-order valence-corrected chi connectivity index (χ0v) is 10.4. The summed E-state index contributed by atoms with van der Waals surface area (Å²) in [5.74, 6) is 0.543. The fraction of sp³-hybridized carbons (Fsp3) is 0.818. The zero-order valence-electron chi connectivity index (χ0n) is 10.4. The van der Waals surface area contributed by atoms with Crippen LogP contribution in [0.15, 0.2) is 12.7 Å². The van der Waals surface area contributed by atoms with Crippen molar-refractivity contribution in [2.75, 3.05) is 6.54 Å². The molecule has 0 fully saturated rings. The summed E-state index contributed by atoms with van der Waals surface area (Å²) in [5, 5.41) is 7.71. The smallest absolute Gasteiger partial charge is 0.137 e. The van der Waals surface area contributed by atoms with Gasteiger partial charge in [-0.2, -0.15) is 5.10 Å². The minimum absolute atomic E-state index is 0.147. The fourth-order valence-corrected chi connectivity index (χ4v) is 1.43. The average Bonchev–Trinajstić information content (AvgIpc) is 2.54. The monoisotopic (exact) mass is 210 g/mol. The van der Waals surface area contributed by atoms with Crippen LogP contribution in [0.1, 0.15) is 40.7 Å². The third-order valence-electron chi connectivity index (χ3n) is 2.39. The summed E-state index contributed by atoms with van der Waals surface area (Å²) >= 11 is 0. The lowest BCUT2D eigenvalue weighted by Gasteiger charge is -2.27. The second-order valence-electron chi connectivity index (χ2n) is 5.32. The van der Waals surface area contributed by atoms with Crippen LogP contribution in [-0.2, 0) is 0 Å². The minimum Gasteiger partial charge on any atom is -0.310 e. The van der Waals surface area contributed by atoms with Crippen LogP contribution in [-0.4, -0.2) is 26.8 Å². The molecule has 1 heterocycles. The summed E-state index contributed by atoms with van der Waals surface area (Å²) in [7, 11) is 0. The van der Waals surface area contributed by atoms with Crippen molar-refractivity contribution in [3.05, 3.63) is 12.7 Å². The van der Waals surface area contributed by atoms with E-state index in [-0.39, 0.29) is 5.54 Å². The molecule has 1 N–H and O–H groups in total. The molecule has 1 unspecified atom stereocenters. The maximum atomic E-state index is 4.20. The molecule has 0 aliphatic heterocycles. The molecule has 15 heavy (non-hydrogen) atoms. The van der Waals surface area contributed by atoms with Crippen molar-refractivity contribution >= 4 is 0 Å². The van der Waals surface area contributed by atoms with Crippen LogP contribution in [0.2, 0.25) is 0 Å². The van der Waals surface area contributed by atoms with Crippen molar-refractivity contribution in [3.8, 4) is 0 Å². The minimum atomic E-state index is 0.147. The van der Waals surface area contributed by atoms with E-state index >= 15 is 0 Å². The Hall–Kier alpha value is -0.900. The van der Waals surface area contributed by atoms with E-state index in [2.05, 4.69) is 50.0 Å². The van der Waals surface area contributed by atoms with Gasteiger partial charge in [-0.15, -0.1) is 0 Å². The van der Waals surface area contributed by atoms with E-state index < -0.39 is 0 Å². The molecule has 1 aromatic rings. The molecule has 0 saturated carbocycles. The van der Waals surface area contributed by atoms with Gasteiger partial charge in [0.05, 0.1) is 6.04 Å². The average molecular weight is 210 g/mol. The number of hydrogen-bond donors (Lipinski definition) is 1. The first-order valence-corrected chi connectivity index (χ1v) is 5.49. The van der Waals surface area contributed by atoms with Gasteiger partial charge in [-0.05, 0) is 26.7 Å². The Morgan fingerprint density at radius 3 is 2.40 bits per heavy atom. The van der Waals surface area contributed by atoms with Gasteiger partial charge in [-0.1, -0.05) is 13.8 Å². The molecule has 0 aromatic carbocycles. The van der Waals surface area contributed by atoms with Crippen LogP contribution < -0.4 is 5.32 Å². The Labute approximate surface area is 92.1 Å². The van der Waals surface area contributed by atoms with E-state index in [9.17, 15) is 0 Å². The van der Waals surface area contributed by atoms with Gasteiger partial charge in [0.15, 0.2) is 0 Å². The van der Waals surface area contributed by atoms with Crippen molar-refractivity contribution in [2.45, 2.75) is 46.2 Å². The van der Waals surface area contributed by atoms with Crippen molar-refractivity contribution in [2.24, 2.45) is 5.92 Å². The summed E-state index contributed by atoms with van der Waals surface area (Å²) in [4.78, 5) is 3.99. The topological polar surface area (TPSA) is 42.7 Å². The molecular formula is C11H22N4. The SMILES string of the molecule is CC(C)C(CNC(C)(C)C)n1cncn1. The molecule has 0 spiro atoms. The Kier molecular flexibility index (Phi) is 3.85. The lowest BCUT2D eigenvalue weighted by atomic mass is 10.0. The van der Waals surface area contributed by atoms with Gasteiger partial charge in [0.2, 0.25) is 0 Å². The molecule has 0 radical (unpaired) electrons. The van der Waals surface area contributed by atoms with Gasteiger partial charge in [-0.3, -0.25) is 0 Å². The van der Waals surface area contributed by atoms with Crippen molar-refractivity contribution in [1.29, 1.82) is 0 Å². The van der Waals surface area contributed by atoms with Crippen LogP contribution in [0, 0.1) is 5.92 Å². The highest BCUT2D eigenvalue weighted by atomic mass is 15.3. The quantitative estimate of drug-likeness (QED) is 0.825. The number of nitrogens with zero attached hydrogens (tertiary/aromatic N) is 3. The third-order valence-corrected chi connectivity index (χ3v) is 2.39. The standard InChI is InChI=1S/C11H22N4/c1-9(2)10(6-13-11(3,4)5)15-8-12-7-14-15/h7-10,13H,6H2,1-5H3. The predicted molar refractivity (Wildman–Crippen MR) is 61.7 cm³/mol. The first-order valence-electron chi connectivity index (χ1n) is 5.49. The number of aromatic nitrogens is 3. The lowest BCUT2D eigenvalue weighted by molar-refractivity contribution is 0.293. The van der Waals surface area contributed by atoms with Crippen LogP contribution in [0.25, 0.3) is 0 Å². The Balaban J connectivity index is 2.61. The summed E-state index contributed by atoms with van der Waals surface area (Å²) < 4.78 is 1.93. The lowest BCUT2D eigenvalue weighted by Crippen LogP contribution is -2.41. The Morgan fingerprint density at radius 2 is 2.00 bits per heavy atom.